The number of carbonyl (C=O) groups is 2. The fraction of sp³-hybridized carbons (Fsp3) is 0.900. The highest BCUT2D eigenvalue weighted by Crippen LogP contribution is 2.09. The van der Waals surface area contributed by atoms with Gasteiger partial charge in [0.1, 0.15) is 0 Å². The van der Waals surface area contributed by atoms with Crippen molar-refractivity contribution in [3.8, 4) is 0 Å². The average Bonchev–Trinajstić information content (AvgIpc) is 2.56. The molecule has 0 N–H and O–H groups in total. The van der Waals surface area contributed by atoms with Crippen molar-refractivity contribution < 1.29 is 14.3 Å². The quantitative estimate of drug-likeness (QED) is 0.187. The van der Waals surface area contributed by atoms with Crippen molar-refractivity contribution in [3.63, 3.8) is 0 Å². The molecule has 0 spiro atoms. The number of Topliss-reactive ketones (excluding diaryl/α,β-unsaturated/α-hetero) is 1. The van der Waals surface area contributed by atoms with E-state index in [0.29, 0.717) is 13.0 Å². The third-order valence-corrected chi connectivity index (χ3v) is 4.22. The Morgan fingerprint density at radius 1 is 0.609 bits per heavy atom. The molecule has 0 aromatic heterocycles. The minimum absolute atomic E-state index is 0.346. The van der Waals surface area contributed by atoms with E-state index in [1.54, 1.807) is 0 Å². The van der Waals surface area contributed by atoms with Crippen LogP contribution in [0.15, 0.2) is 0 Å². The van der Waals surface area contributed by atoms with Gasteiger partial charge in [-0.15, -0.1) is 0 Å². The van der Waals surface area contributed by atoms with Gasteiger partial charge in [-0.25, -0.2) is 4.79 Å². The van der Waals surface area contributed by atoms with Crippen LogP contribution in [0.2, 0.25) is 0 Å². The van der Waals surface area contributed by atoms with Crippen LogP contribution >= 0.6 is 0 Å². The molecule has 0 aliphatic rings. The number of hydrogen-bond acceptors (Lipinski definition) is 3. The molecule has 0 saturated heterocycles. The summed E-state index contributed by atoms with van der Waals surface area (Å²) >= 11 is 0. The topological polar surface area (TPSA) is 43.4 Å². The van der Waals surface area contributed by atoms with E-state index in [4.69, 9.17) is 4.74 Å². The highest BCUT2D eigenvalue weighted by molar-refractivity contribution is 6.33. The van der Waals surface area contributed by atoms with Gasteiger partial charge in [-0.2, -0.15) is 0 Å². The number of unbranched alkanes of at least 4 members (excludes halogenated alkanes) is 12. The molecule has 0 fully saturated rings. The predicted molar refractivity (Wildman–Crippen MR) is 96.6 cm³/mol. The van der Waals surface area contributed by atoms with Crippen molar-refractivity contribution in [2.75, 3.05) is 6.61 Å². The van der Waals surface area contributed by atoms with E-state index in [1.807, 2.05) is 0 Å². The number of ether oxygens (including phenoxy) is 1. The lowest BCUT2D eigenvalue weighted by Crippen LogP contribution is -2.17. The Kier molecular flexibility index (Phi) is 16.8. The largest absolute Gasteiger partial charge is 0.460 e. The molecule has 0 saturated carbocycles. The van der Waals surface area contributed by atoms with Gasteiger partial charge in [-0.05, 0) is 12.8 Å². The number of rotatable bonds is 17. The first-order chi connectivity index (χ1) is 11.2. The Balaban J connectivity index is 3.37. The first kappa shape index (κ1) is 22.1. The summed E-state index contributed by atoms with van der Waals surface area (Å²) in [6.45, 7) is 4.81. The van der Waals surface area contributed by atoms with Crippen molar-refractivity contribution in [3.05, 3.63) is 0 Å². The fourth-order valence-corrected chi connectivity index (χ4v) is 2.65. The minimum Gasteiger partial charge on any atom is -0.460 e. The Morgan fingerprint density at radius 3 is 1.57 bits per heavy atom. The summed E-state index contributed by atoms with van der Waals surface area (Å²) in [5.41, 5.74) is 0. The zero-order valence-corrected chi connectivity index (χ0v) is 15.5. The molecule has 0 aromatic carbocycles. The van der Waals surface area contributed by atoms with Crippen molar-refractivity contribution in [1.82, 2.24) is 0 Å². The molecule has 0 heterocycles. The summed E-state index contributed by atoms with van der Waals surface area (Å²) < 4.78 is 5.05. The minimum atomic E-state index is -0.623. The van der Waals surface area contributed by atoms with Gasteiger partial charge in [0.05, 0.1) is 6.61 Å². The molecule has 0 aromatic rings. The van der Waals surface area contributed by atoms with Crippen LogP contribution in [0, 0.1) is 0 Å². The fourth-order valence-electron chi connectivity index (χ4n) is 2.65. The summed E-state index contributed by atoms with van der Waals surface area (Å²) in [6.07, 6.45) is 16.7. The summed E-state index contributed by atoms with van der Waals surface area (Å²) in [7, 11) is 0. The number of ketones is 1. The van der Waals surface area contributed by atoms with Crippen LogP contribution in [-0.2, 0) is 14.3 Å². The van der Waals surface area contributed by atoms with Crippen molar-refractivity contribution in [2.24, 2.45) is 0 Å². The maximum absolute atomic E-state index is 11.6. The molecular weight excluding hydrogens is 288 g/mol. The lowest BCUT2D eigenvalue weighted by molar-refractivity contribution is -0.154. The maximum atomic E-state index is 11.6. The van der Waals surface area contributed by atoms with E-state index >= 15 is 0 Å². The number of carbonyl (C=O) groups excluding carboxylic acids is 2. The maximum Gasteiger partial charge on any atom is 0.374 e. The second kappa shape index (κ2) is 17.5. The van der Waals surface area contributed by atoms with Gasteiger partial charge in [0.15, 0.2) is 0 Å². The lowest BCUT2D eigenvalue weighted by atomic mass is 10.1. The third kappa shape index (κ3) is 15.8. The molecule has 23 heavy (non-hydrogen) atoms. The van der Waals surface area contributed by atoms with E-state index in [2.05, 4.69) is 13.8 Å². The number of esters is 1. The highest BCUT2D eigenvalue weighted by atomic mass is 16.5. The second-order valence-corrected chi connectivity index (χ2v) is 6.55. The van der Waals surface area contributed by atoms with Crippen LogP contribution in [-0.4, -0.2) is 18.4 Å². The number of hydrogen-bond donors (Lipinski definition) is 0. The van der Waals surface area contributed by atoms with E-state index in [-0.39, 0.29) is 5.78 Å². The van der Waals surface area contributed by atoms with Gasteiger partial charge in [-0.3, -0.25) is 4.79 Å². The summed E-state index contributed by atoms with van der Waals surface area (Å²) in [4.78, 5) is 23.2. The molecule has 0 aliphatic heterocycles. The van der Waals surface area contributed by atoms with E-state index in [0.717, 1.165) is 25.7 Å². The van der Waals surface area contributed by atoms with E-state index in [1.165, 1.54) is 64.2 Å². The van der Waals surface area contributed by atoms with E-state index < -0.39 is 5.97 Å². The molecule has 0 bridgehead atoms. The van der Waals surface area contributed by atoms with Crippen LogP contribution < -0.4 is 0 Å². The standard InChI is InChI=1S/C20H38O3/c1-3-5-7-9-11-13-15-17-19(21)20(22)23-18-16-14-12-10-8-6-4-2/h3-18H2,1-2H3. The zero-order chi connectivity index (χ0) is 17.2. The first-order valence-corrected chi connectivity index (χ1v) is 9.92. The predicted octanol–water partition coefficient (Wildman–Crippen LogP) is 5.99. The van der Waals surface area contributed by atoms with E-state index in [9.17, 15) is 9.59 Å². The van der Waals surface area contributed by atoms with Gasteiger partial charge < -0.3 is 4.74 Å². The monoisotopic (exact) mass is 326 g/mol. The third-order valence-electron chi connectivity index (χ3n) is 4.22. The van der Waals surface area contributed by atoms with Crippen LogP contribution in [0.3, 0.4) is 0 Å². The Labute approximate surface area is 143 Å². The second-order valence-electron chi connectivity index (χ2n) is 6.55. The molecular formula is C20H38O3. The molecule has 0 aliphatic carbocycles. The normalized spacial score (nSPS) is 10.7. The molecule has 0 rings (SSSR count). The average molecular weight is 327 g/mol. The van der Waals surface area contributed by atoms with Crippen molar-refractivity contribution in [1.29, 1.82) is 0 Å². The molecule has 3 heteroatoms. The van der Waals surface area contributed by atoms with Gasteiger partial charge in [0.25, 0.3) is 0 Å². The Bertz CT molecular complexity index is 287. The van der Waals surface area contributed by atoms with Gasteiger partial charge in [-0.1, -0.05) is 90.9 Å². The molecule has 3 nitrogen and oxygen atoms in total. The summed E-state index contributed by atoms with van der Waals surface area (Å²) in [5.74, 6) is -0.969. The Morgan fingerprint density at radius 2 is 1.04 bits per heavy atom. The SMILES string of the molecule is CCCCCCCCCOC(=O)C(=O)CCCCCCCCC. The molecule has 0 radical (unpaired) electrons. The van der Waals surface area contributed by atoms with Crippen LogP contribution in [0.25, 0.3) is 0 Å². The van der Waals surface area contributed by atoms with Crippen molar-refractivity contribution in [2.45, 2.75) is 110 Å². The van der Waals surface area contributed by atoms with Gasteiger partial charge >= 0.3 is 5.97 Å². The van der Waals surface area contributed by atoms with Gasteiger partial charge in [0.2, 0.25) is 5.78 Å². The van der Waals surface area contributed by atoms with Gasteiger partial charge in [0, 0.05) is 6.42 Å². The summed E-state index contributed by atoms with van der Waals surface area (Å²) in [6, 6.07) is 0. The molecule has 0 unspecified atom stereocenters. The molecule has 0 atom stereocenters. The first-order valence-electron chi connectivity index (χ1n) is 9.92. The molecule has 136 valence electrons. The van der Waals surface area contributed by atoms with Crippen LogP contribution in [0.5, 0.6) is 0 Å². The lowest BCUT2D eigenvalue weighted by Gasteiger charge is -2.04. The summed E-state index contributed by atoms with van der Waals surface area (Å²) in [5, 5.41) is 0. The smallest absolute Gasteiger partial charge is 0.374 e. The van der Waals surface area contributed by atoms with Crippen LogP contribution in [0.4, 0.5) is 0 Å². The van der Waals surface area contributed by atoms with Crippen LogP contribution in [0.1, 0.15) is 110 Å². The Hall–Kier alpha value is -0.860. The highest BCUT2D eigenvalue weighted by Gasteiger charge is 2.14. The zero-order valence-electron chi connectivity index (χ0n) is 15.5. The van der Waals surface area contributed by atoms with Crippen molar-refractivity contribution >= 4 is 11.8 Å². The molecule has 0 amide bonds.